The van der Waals surface area contributed by atoms with Crippen LogP contribution in [0.3, 0.4) is 0 Å². The normalized spacial score (nSPS) is 14.1. The molecule has 3 nitrogen and oxygen atoms in total. The van der Waals surface area contributed by atoms with E-state index in [0.717, 1.165) is 30.5 Å². The number of fused-ring (bicyclic) bond motifs is 1. The number of hydrogen-bond acceptors (Lipinski definition) is 2. The summed E-state index contributed by atoms with van der Waals surface area (Å²) in [6, 6.07) is 6.32. The Morgan fingerprint density at radius 3 is 2.69 bits per heavy atom. The Hall–Kier alpha value is -1.84. The minimum Gasteiger partial charge on any atom is -0.382 e. The van der Waals surface area contributed by atoms with Gasteiger partial charge in [0, 0.05) is 11.3 Å². The van der Waals surface area contributed by atoms with Crippen molar-refractivity contribution in [2.24, 2.45) is 0 Å². The van der Waals surface area contributed by atoms with Crippen molar-refractivity contribution in [3.05, 3.63) is 41.3 Å². The van der Waals surface area contributed by atoms with E-state index in [1.165, 1.54) is 17.8 Å². The van der Waals surface area contributed by atoms with E-state index in [2.05, 4.69) is 5.10 Å². The molecule has 1 aromatic heterocycles. The first-order valence-corrected chi connectivity index (χ1v) is 5.38. The summed E-state index contributed by atoms with van der Waals surface area (Å²) in [5, 5.41) is 4.30. The zero-order valence-corrected chi connectivity index (χ0v) is 8.78. The predicted octanol–water partition coefficient (Wildman–Crippen LogP) is 2.08. The summed E-state index contributed by atoms with van der Waals surface area (Å²) in [6.45, 7) is 0. The molecule has 1 heterocycles. The lowest BCUT2D eigenvalue weighted by Crippen LogP contribution is -2.01. The molecule has 0 amide bonds. The number of nitrogens with two attached hydrogens (primary N) is 1. The molecule has 0 radical (unpaired) electrons. The molecule has 2 aromatic rings. The number of anilines is 1. The zero-order valence-electron chi connectivity index (χ0n) is 8.78. The van der Waals surface area contributed by atoms with Crippen LogP contribution in [0.2, 0.25) is 0 Å². The van der Waals surface area contributed by atoms with Crippen molar-refractivity contribution in [3.8, 4) is 5.69 Å². The summed E-state index contributed by atoms with van der Waals surface area (Å²) < 4.78 is 14.7. The Balaban J connectivity index is 2.13. The first-order valence-electron chi connectivity index (χ1n) is 5.38. The fourth-order valence-corrected chi connectivity index (χ4v) is 2.26. The average Bonchev–Trinajstić information content (AvgIpc) is 2.84. The van der Waals surface area contributed by atoms with Crippen LogP contribution in [-0.2, 0) is 12.8 Å². The molecule has 4 heteroatoms. The van der Waals surface area contributed by atoms with Crippen molar-refractivity contribution in [2.45, 2.75) is 19.3 Å². The minimum atomic E-state index is -0.236. The number of aromatic nitrogens is 2. The monoisotopic (exact) mass is 217 g/mol. The van der Waals surface area contributed by atoms with Crippen molar-refractivity contribution in [1.82, 2.24) is 9.78 Å². The second kappa shape index (κ2) is 3.33. The van der Waals surface area contributed by atoms with E-state index in [1.54, 1.807) is 12.1 Å². The second-order valence-electron chi connectivity index (χ2n) is 4.05. The third kappa shape index (κ3) is 1.30. The first kappa shape index (κ1) is 9.39. The van der Waals surface area contributed by atoms with Crippen LogP contribution in [0.25, 0.3) is 5.69 Å². The highest BCUT2D eigenvalue weighted by Gasteiger charge is 2.21. The van der Waals surface area contributed by atoms with Gasteiger partial charge in [0.1, 0.15) is 11.6 Å². The van der Waals surface area contributed by atoms with Crippen molar-refractivity contribution in [1.29, 1.82) is 0 Å². The summed E-state index contributed by atoms with van der Waals surface area (Å²) in [4.78, 5) is 0. The summed E-state index contributed by atoms with van der Waals surface area (Å²) in [5.74, 6) is 0.373. The van der Waals surface area contributed by atoms with Gasteiger partial charge in [-0.3, -0.25) is 0 Å². The van der Waals surface area contributed by atoms with Crippen LogP contribution < -0.4 is 5.73 Å². The van der Waals surface area contributed by atoms with Crippen LogP contribution in [0.5, 0.6) is 0 Å². The van der Waals surface area contributed by atoms with E-state index in [0.29, 0.717) is 5.82 Å². The van der Waals surface area contributed by atoms with Gasteiger partial charge in [0.15, 0.2) is 0 Å². The fourth-order valence-electron chi connectivity index (χ4n) is 2.26. The highest BCUT2D eigenvalue weighted by atomic mass is 19.1. The maximum absolute atomic E-state index is 12.8. The Morgan fingerprint density at radius 1 is 1.19 bits per heavy atom. The molecular formula is C12H12FN3. The summed E-state index contributed by atoms with van der Waals surface area (Å²) in [7, 11) is 0. The van der Waals surface area contributed by atoms with Crippen molar-refractivity contribution >= 4 is 5.82 Å². The highest BCUT2D eigenvalue weighted by Crippen LogP contribution is 2.28. The molecule has 0 atom stereocenters. The lowest BCUT2D eigenvalue weighted by Gasteiger charge is -2.04. The smallest absolute Gasteiger partial charge is 0.149 e. The topological polar surface area (TPSA) is 43.8 Å². The number of nitrogens with zero attached hydrogens (tertiary/aromatic N) is 2. The Morgan fingerprint density at radius 2 is 1.94 bits per heavy atom. The lowest BCUT2D eigenvalue weighted by atomic mass is 10.2. The minimum absolute atomic E-state index is 0.236. The molecule has 0 saturated heterocycles. The molecule has 0 fully saturated rings. The maximum Gasteiger partial charge on any atom is 0.149 e. The molecule has 16 heavy (non-hydrogen) atoms. The molecule has 1 aliphatic carbocycles. The average molecular weight is 217 g/mol. The lowest BCUT2D eigenvalue weighted by molar-refractivity contribution is 0.626. The van der Waals surface area contributed by atoms with Crippen molar-refractivity contribution in [2.75, 3.05) is 5.73 Å². The molecule has 0 aliphatic heterocycles. The molecule has 1 aliphatic rings. The van der Waals surface area contributed by atoms with E-state index in [9.17, 15) is 4.39 Å². The Bertz CT molecular complexity index is 528. The maximum atomic E-state index is 12.8. The van der Waals surface area contributed by atoms with Crippen LogP contribution in [0.1, 0.15) is 17.7 Å². The number of benzene rings is 1. The van der Waals surface area contributed by atoms with Crippen LogP contribution in [0, 0.1) is 5.82 Å². The van der Waals surface area contributed by atoms with Gasteiger partial charge in [-0.1, -0.05) is 0 Å². The number of rotatable bonds is 1. The summed E-state index contributed by atoms with van der Waals surface area (Å²) in [6.07, 6.45) is 3.12. The first-order chi connectivity index (χ1) is 7.75. The summed E-state index contributed by atoms with van der Waals surface area (Å²) >= 11 is 0. The molecular weight excluding hydrogens is 205 g/mol. The van der Waals surface area contributed by atoms with Gasteiger partial charge in [-0.15, -0.1) is 0 Å². The third-order valence-corrected chi connectivity index (χ3v) is 3.03. The van der Waals surface area contributed by atoms with E-state index in [4.69, 9.17) is 5.73 Å². The molecule has 3 rings (SSSR count). The molecule has 0 bridgehead atoms. The van der Waals surface area contributed by atoms with Gasteiger partial charge in [-0.25, -0.2) is 9.07 Å². The Kier molecular flexibility index (Phi) is 1.96. The van der Waals surface area contributed by atoms with Crippen molar-refractivity contribution in [3.63, 3.8) is 0 Å². The van der Waals surface area contributed by atoms with Crippen LogP contribution in [0.4, 0.5) is 10.2 Å². The number of hydrogen-bond donors (Lipinski definition) is 1. The van der Waals surface area contributed by atoms with E-state index in [-0.39, 0.29) is 5.82 Å². The fraction of sp³-hybridized carbons (Fsp3) is 0.250. The molecule has 0 unspecified atom stereocenters. The van der Waals surface area contributed by atoms with Crippen LogP contribution in [-0.4, -0.2) is 9.78 Å². The Labute approximate surface area is 92.7 Å². The number of nitrogen functional groups attached to an aromatic ring is 1. The molecule has 0 saturated carbocycles. The summed E-state index contributed by atoms with van der Waals surface area (Å²) in [5.41, 5.74) is 9.05. The van der Waals surface area contributed by atoms with Gasteiger partial charge in [0.2, 0.25) is 0 Å². The van der Waals surface area contributed by atoms with Gasteiger partial charge in [0.05, 0.1) is 5.69 Å². The highest BCUT2D eigenvalue weighted by molar-refractivity contribution is 5.49. The molecule has 1 aromatic carbocycles. The van der Waals surface area contributed by atoms with Gasteiger partial charge in [0.25, 0.3) is 0 Å². The quantitative estimate of drug-likeness (QED) is 0.794. The molecule has 82 valence electrons. The van der Waals surface area contributed by atoms with Crippen LogP contribution in [0.15, 0.2) is 24.3 Å². The van der Waals surface area contributed by atoms with Gasteiger partial charge < -0.3 is 5.73 Å². The third-order valence-electron chi connectivity index (χ3n) is 3.03. The SMILES string of the molecule is Nc1nn(-c2ccc(F)cc2)c2c1CCC2. The second-order valence-corrected chi connectivity index (χ2v) is 4.05. The standard InChI is InChI=1S/C12H12FN3/c13-8-4-6-9(7-5-8)16-11-3-1-2-10(11)12(14)15-16/h4-7H,1-3H2,(H2,14,15). The van der Waals surface area contributed by atoms with Crippen molar-refractivity contribution < 1.29 is 4.39 Å². The largest absolute Gasteiger partial charge is 0.382 e. The predicted molar refractivity (Wildman–Crippen MR) is 60.0 cm³/mol. The van der Waals surface area contributed by atoms with Gasteiger partial charge in [-0.2, -0.15) is 5.10 Å². The molecule has 0 spiro atoms. The van der Waals surface area contributed by atoms with E-state index in [1.807, 2.05) is 4.68 Å². The van der Waals surface area contributed by atoms with E-state index >= 15 is 0 Å². The number of halogens is 1. The van der Waals surface area contributed by atoms with Gasteiger partial charge >= 0.3 is 0 Å². The molecule has 2 N–H and O–H groups in total. The zero-order chi connectivity index (χ0) is 11.1. The van der Waals surface area contributed by atoms with Crippen LogP contribution >= 0.6 is 0 Å². The van der Waals surface area contributed by atoms with E-state index < -0.39 is 0 Å². The van der Waals surface area contributed by atoms with Gasteiger partial charge in [-0.05, 0) is 43.5 Å².